The van der Waals surface area contributed by atoms with Crippen LogP contribution in [-0.2, 0) is 4.74 Å². The van der Waals surface area contributed by atoms with Crippen molar-refractivity contribution in [2.24, 2.45) is 0 Å². The highest BCUT2D eigenvalue weighted by Gasteiger charge is 2.11. The van der Waals surface area contributed by atoms with E-state index in [-0.39, 0.29) is 19.0 Å². The highest BCUT2D eigenvalue weighted by atomic mass is 79.9. The molecule has 0 aliphatic carbocycles. The fourth-order valence-electron chi connectivity index (χ4n) is 1.61. The molecule has 0 amide bonds. The number of ether oxygens (including phenoxy) is 2. The zero-order valence-corrected chi connectivity index (χ0v) is 13.5. The molecule has 20 heavy (non-hydrogen) atoms. The first kappa shape index (κ1) is 17.1. The average Bonchev–Trinajstić information content (AvgIpc) is 2.41. The molecule has 0 aliphatic heterocycles. The third-order valence-electron chi connectivity index (χ3n) is 2.71. The number of hydrogen-bond acceptors (Lipinski definition) is 4. The van der Waals surface area contributed by atoms with E-state index >= 15 is 0 Å². The third kappa shape index (κ3) is 6.03. The molecular formula is C15H21BrO4. The molecule has 4 nitrogen and oxygen atoms in total. The number of aliphatic hydroxyl groups excluding tert-OH is 1. The van der Waals surface area contributed by atoms with Crippen LogP contribution in [0.1, 0.15) is 37.0 Å². The minimum absolute atomic E-state index is 0.0683. The van der Waals surface area contributed by atoms with Crippen molar-refractivity contribution >= 4 is 21.7 Å². The Morgan fingerprint density at radius 1 is 1.40 bits per heavy atom. The van der Waals surface area contributed by atoms with Gasteiger partial charge < -0.3 is 14.6 Å². The predicted octanol–water partition coefficient (Wildman–Crippen LogP) is 3.21. The molecule has 1 aromatic carbocycles. The van der Waals surface area contributed by atoms with E-state index in [1.807, 2.05) is 0 Å². The van der Waals surface area contributed by atoms with Crippen molar-refractivity contribution in [3.8, 4) is 5.75 Å². The lowest BCUT2D eigenvalue weighted by molar-refractivity contribution is 0.0111. The van der Waals surface area contributed by atoms with Crippen molar-refractivity contribution in [1.29, 1.82) is 0 Å². The molecule has 1 N–H and O–H groups in total. The maximum atomic E-state index is 11.5. The van der Waals surface area contributed by atoms with Gasteiger partial charge in [0.15, 0.2) is 5.78 Å². The SMILES string of the molecule is CCCCOCC(O)COc1cc(Br)ccc1C(C)=O. The number of benzene rings is 1. The quantitative estimate of drug-likeness (QED) is 0.552. The number of rotatable bonds is 9. The summed E-state index contributed by atoms with van der Waals surface area (Å²) in [5.74, 6) is 0.403. The van der Waals surface area contributed by atoms with Crippen LogP contribution in [0.3, 0.4) is 0 Å². The number of Topliss-reactive ketones (excluding diaryl/α,β-unsaturated/α-hetero) is 1. The highest BCUT2D eigenvalue weighted by molar-refractivity contribution is 9.10. The van der Waals surface area contributed by atoms with Crippen LogP contribution < -0.4 is 4.74 Å². The zero-order valence-electron chi connectivity index (χ0n) is 11.9. The van der Waals surface area contributed by atoms with Crippen LogP contribution in [0.5, 0.6) is 5.75 Å². The van der Waals surface area contributed by atoms with Crippen LogP contribution in [0.4, 0.5) is 0 Å². The summed E-state index contributed by atoms with van der Waals surface area (Å²) in [7, 11) is 0. The van der Waals surface area contributed by atoms with Gasteiger partial charge in [-0.25, -0.2) is 0 Å². The van der Waals surface area contributed by atoms with E-state index in [9.17, 15) is 9.90 Å². The summed E-state index contributed by atoms with van der Waals surface area (Å²) in [5, 5.41) is 9.76. The first-order valence-corrected chi connectivity index (χ1v) is 7.53. The van der Waals surface area contributed by atoms with E-state index in [0.717, 1.165) is 17.3 Å². The summed E-state index contributed by atoms with van der Waals surface area (Å²) in [4.78, 5) is 11.5. The molecule has 1 aromatic rings. The topological polar surface area (TPSA) is 55.8 Å². The molecular weight excluding hydrogens is 324 g/mol. The molecule has 1 unspecified atom stereocenters. The normalized spacial score (nSPS) is 12.2. The molecule has 0 spiro atoms. The molecule has 0 saturated carbocycles. The summed E-state index contributed by atoms with van der Waals surface area (Å²) >= 11 is 3.33. The second-order valence-corrected chi connectivity index (χ2v) is 5.51. The van der Waals surface area contributed by atoms with Gasteiger partial charge in [-0.3, -0.25) is 4.79 Å². The van der Waals surface area contributed by atoms with Crippen LogP contribution in [0.15, 0.2) is 22.7 Å². The summed E-state index contributed by atoms with van der Waals surface area (Å²) < 4.78 is 11.7. The minimum atomic E-state index is -0.703. The molecule has 0 heterocycles. The van der Waals surface area contributed by atoms with Gasteiger partial charge in [0.1, 0.15) is 18.5 Å². The molecule has 0 bridgehead atoms. The van der Waals surface area contributed by atoms with Gasteiger partial charge in [0.05, 0.1) is 12.2 Å². The maximum absolute atomic E-state index is 11.5. The fourth-order valence-corrected chi connectivity index (χ4v) is 1.95. The van der Waals surface area contributed by atoms with Crippen molar-refractivity contribution < 1.29 is 19.4 Å². The van der Waals surface area contributed by atoms with Crippen LogP contribution in [0, 0.1) is 0 Å². The summed E-state index contributed by atoms with van der Waals surface area (Å²) in [6.45, 7) is 4.55. The number of carbonyl (C=O) groups excluding carboxylic acids is 1. The van der Waals surface area contributed by atoms with E-state index in [1.165, 1.54) is 6.92 Å². The Labute approximate surface area is 128 Å². The van der Waals surface area contributed by atoms with Crippen LogP contribution in [0.25, 0.3) is 0 Å². The second kappa shape index (κ2) is 9.10. The van der Waals surface area contributed by atoms with Crippen LogP contribution in [-0.4, -0.2) is 36.8 Å². The van der Waals surface area contributed by atoms with E-state index < -0.39 is 6.10 Å². The first-order valence-electron chi connectivity index (χ1n) is 6.73. The number of carbonyl (C=O) groups is 1. The Kier molecular flexibility index (Phi) is 7.80. The van der Waals surface area contributed by atoms with E-state index in [1.54, 1.807) is 18.2 Å². The van der Waals surface area contributed by atoms with Gasteiger partial charge in [-0.2, -0.15) is 0 Å². The lowest BCUT2D eigenvalue weighted by Crippen LogP contribution is -2.24. The van der Waals surface area contributed by atoms with Crippen LogP contribution >= 0.6 is 15.9 Å². The number of halogens is 1. The molecule has 5 heteroatoms. The summed E-state index contributed by atoms with van der Waals surface area (Å²) in [6.07, 6.45) is 1.34. The molecule has 0 aliphatic rings. The van der Waals surface area contributed by atoms with Gasteiger partial charge in [0, 0.05) is 11.1 Å². The summed E-state index contributed by atoms with van der Waals surface area (Å²) in [6, 6.07) is 5.21. The number of hydrogen-bond donors (Lipinski definition) is 1. The maximum Gasteiger partial charge on any atom is 0.163 e. The van der Waals surface area contributed by atoms with Gasteiger partial charge in [-0.1, -0.05) is 29.3 Å². The Balaban J connectivity index is 2.48. The molecule has 0 fully saturated rings. The zero-order chi connectivity index (χ0) is 15.0. The molecule has 0 saturated heterocycles. The lowest BCUT2D eigenvalue weighted by Gasteiger charge is -2.14. The van der Waals surface area contributed by atoms with E-state index in [2.05, 4.69) is 22.9 Å². The van der Waals surface area contributed by atoms with Gasteiger partial charge in [0.25, 0.3) is 0 Å². The van der Waals surface area contributed by atoms with Crippen molar-refractivity contribution in [3.05, 3.63) is 28.2 Å². The number of unbranched alkanes of at least 4 members (excludes halogenated alkanes) is 1. The van der Waals surface area contributed by atoms with Crippen molar-refractivity contribution in [3.63, 3.8) is 0 Å². The first-order chi connectivity index (χ1) is 9.54. The van der Waals surface area contributed by atoms with Crippen molar-refractivity contribution in [1.82, 2.24) is 0 Å². The number of ketones is 1. The van der Waals surface area contributed by atoms with Gasteiger partial charge in [0.2, 0.25) is 0 Å². The standard InChI is InChI=1S/C15H21BrO4/c1-3-4-7-19-9-13(18)10-20-15-8-12(16)5-6-14(15)11(2)17/h5-6,8,13,18H,3-4,7,9-10H2,1-2H3. The molecule has 0 aromatic heterocycles. The van der Waals surface area contributed by atoms with Crippen LogP contribution in [0.2, 0.25) is 0 Å². The molecule has 0 radical (unpaired) electrons. The minimum Gasteiger partial charge on any atom is -0.490 e. The van der Waals surface area contributed by atoms with Crippen molar-refractivity contribution in [2.45, 2.75) is 32.8 Å². The smallest absolute Gasteiger partial charge is 0.163 e. The largest absolute Gasteiger partial charge is 0.490 e. The van der Waals surface area contributed by atoms with E-state index in [4.69, 9.17) is 9.47 Å². The molecule has 1 atom stereocenters. The Bertz CT molecular complexity index is 434. The van der Waals surface area contributed by atoms with Gasteiger partial charge in [-0.15, -0.1) is 0 Å². The molecule has 1 rings (SSSR count). The second-order valence-electron chi connectivity index (χ2n) is 4.59. The third-order valence-corrected chi connectivity index (χ3v) is 3.20. The van der Waals surface area contributed by atoms with Gasteiger partial charge in [-0.05, 0) is 31.5 Å². The summed E-state index contributed by atoms with van der Waals surface area (Å²) in [5.41, 5.74) is 0.507. The lowest BCUT2D eigenvalue weighted by atomic mass is 10.1. The Morgan fingerprint density at radius 3 is 2.80 bits per heavy atom. The average molecular weight is 345 g/mol. The highest BCUT2D eigenvalue weighted by Crippen LogP contribution is 2.24. The number of aliphatic hydroxyl groups is 1. The van der Waals surface area contributed by atoms with Crippen molar-refractivity contribution in [2.75, 3.05) is 19.8 Å². The van der Waals surface area contributed by atoms with Gasteiger partial charge >= 0.3 is 0 Å². The predicted molar refractivity (Wildman–Crippen MR) is 81.4 cm³/mol. The Morgan fingerprint density at radius 2 is 2.15 bits per heavy atom. The Hall–Kier alpha value is -0.910. The monoisotopic (exact) mass is 344 g/mol. The van der Waals surface area contributed by atoms with E-state index in [0.29, 0.717) is 17.9 Å². The fraction of sp³-hybridized carbons (Fsp3) is 0.533. The molecule has 112 valence electrons.